The molecule has 0 amide bonds. The van der Waals surface area contributed by atoms with Crippen LogP contribution in [0.15, 0.2) is 36.7 Å². The molecule has 0 bridgehead atoms. The summed E-state index contributed by atoms with van der Waals surface area (Å²) in [6.45, 7) is 2.27. The van der Waals surface area contributed by atoms with Crippen LogP contribution in [0.5, 0.6) is 5.75 Å². The zero-order valence-electron chi connectivity index (χ0n) is 15.9. The summed E-state index contributed by atoms with van der Waals surface area (Å²) in [5.41, 5.74) is 3.18. The highest BCUT2D eigenvalue weighted by atomic mass is 35.5. The number of halogens is 1. The molecule has 1 fully saturated rings. The van der Waals surface area contributed by atoms with Crippen molar-refractivity contribution in [3.8, 4) is 17.0 Å². The summed E-state index contributed by atoms with van der Waals surface area (Å²) in [5, 5.41) is 10.8. The van der Waals surface area contributed by atoms with Gasteiger partial charge in [0.2, 0.25) is 0 Å². The first-order chi connectivity index (χ1) is 13.6. The van der Waals surface area contributed by atoms with Crippen LogP contribution in [-0.4, -0.2) is 52.3 Å². The number of aromatic amines is 1. The first-order valence-electron chi connectivity index (χ1n) is 9.29. The Hall–Kier alpha value is -2.64. The van der Waals surface area contributed by atoms with Crippen LogP contribution < -0.4 is 10.1 Å². The highest BCUT2D eigenvalue weighted by molar-refractivity contribution is 6.29. The van der Waals surface area contributed by atoms with Crippen molar-refractivity contribution >= 4 is 23.2 Å². The lowest BCUT2D eigenvalue weighted by molar-refractivity contribution is 0.255. The Morgan fingerprint density at radius 3 is 2.68 bits per heavy atom. The molecule has 7 nitrogen and oxygen atoms in total. The number of hydrogen-bond acceptors (Lipinski definition) is 6. The number of ether oxygens (including phenoxy) is 1. The third kappa shape index (κ3) is 4.10. The molecule has 146 valence electrons. The monoisotopic (exact) mass is 398 g/mol. The molecule has 1 aliphatic rings. The number of piperidine rings is 1. The maximum atomic E-state index is 5.77. The highest BCUT2D eigenvalue weighted by Gasteiger charge is 2.20. The van der Waals surface area contributed by atoms with Crippen LogP contribution in [0.4, 0.5) is 11.6 Å². The van der Waals surface area contributed by atoms with Crippen molar-refractivity contribution in [3.63, 3.8) is 0 Å². The van der Waals surface area contributed by atoms with E-state index in [1.165, 1.54) is 24.6 Å². The summed E-state index contributed by atoms with van der Waals surface area (Å²) < 4.78 is 5.68. The average molecular weight is 399 g/mol. The number of benzene rings is 1. The van der Waals surface area contributed by atoms with Crippen LogP contribution in [0.25, 0.3) is 11.3 Å². The Bertz CT molecular complexity index is 934. The zero-order valence-corrected chi connectivity index (χ0v) is 16.7. The predicted octanol–water partition coefficient (Wildman–Crippen LogP) is 4.08. The van der Waals surface area contributed by atoms with Crippen LogP contribution in [-0.2, 0) is 0 Å². The topological polar surface area (TPSA) is 79.0 Å². The fourth-order valence-electron chi connectivity index (χ4n) is 3.56. The summed E-state index contributed by atoms with van der Waals surface area (Å²) >= 11 is 5.77. The van der Waals surface area contributed by atoms with Crippen LogP contribution in [0.2, 0.25) is 5.15 Å². The summed E-state index contributed by atoms with van der Waals surface area (Å²) in [6, 6.07) is 8.38. The molecule has 1 aliphatic heterocycles. The van der Waals surface area contributed by atoms with Gasteiger partial charge >= 0.3 is 0 Å². The van der Waals surface area contributed by atoms with Gasteiger partial charge in [-0.3, -0.25) is 5.10 Å². The number of anilines is 2. The van der Waals surface area contributed by atoms with Gasteiger partial charge in [0, 0.05) is 11.6 Å². The van der Waals surface area contributed by atoms with E-state index >= 15 is 0 Å². The fraction of sp³-hybridized carbons (Fsp3) is 0.350. The number of rotatable bonds is 5. The first kappa shape index (κ1) is 18.7. The van der Waals surface area contributed by atoms with Crippen molar-refractivity contribution in [1.29, 1.82) is 0 Å². The summed E-state index contributed by atoms with van der Waals surface area (Å²) in [4.78, 5) is 10.6. The summed E-state index contributed by atoms with van der Waals surface area (Å²) in [7, 11) is 3.88. The molecule has 2 N–H and O–H groups in total. The van der Waals surface area contributed by atoms with Gasteiger partial charge in [0.15, 0.2) is 5.82 Å². The molecule has 3 aromatic rings. The minimum absolute atomic E-state index is 0.350. The highest BCUT2D eigenvalue weighted by Crippen LogP contribution is 2.35. The second-order valence-electron chi connectivity index (χ2n) is 7.05. The Kier molecular flexibility index (Phi) is 5.45. The summed E-state index contributed by atoms with van der Waals surface area (Å²) in [5.74, 6) is 2.65. The Morgan fingerprint density at radius 2 is 1.96 bits per heavy atom. The van der Waals surface area contributed by atoms with Gasteiger partial charge in [0.05, 0.1) is 25.2 Å². The minimum atomic E-state index is 0.350. The maximum Gasteiger partial charge on any atom is 0.153 e. The molecule has 2 aromatic heterocycles. The van der Waals surface area contributed by atoms with E-state index in [2.05, 4.69) is 55.6 Å². The largest absolute Gasteiger partial charge is 0.496 e. The number of H-pyrrole nitrogens is 1. The van der Waals surface area contributed by atoms with Crippen LogP contribution in [0.3, 0.4) is 0 Å². The molecule has 8 heteroatoms. The number of hydrogen-bond donors (Lipinski definition) is 2. The number of methoxy groups -OCH3 is 1. The van der Waals surface area contributed by atoms with E-state index in [-0.39, 0.29) is 0 Å². The molecule has 1 saturated heterocycles. The van der Waals surface area contributed by atoms with Crippen LogP contribution >= 0.6 is 11.6 Å². The normalized spacial score (nSPS) is 15.5. The van der Waals surface area contributed by atoms with Crippen molar-refractivity contribution < 1.29 is 4.74 Å². The van der Waals surface area contributed by atoms with E-state index in [9.17, 15) is 0 Å². The van der Waals surface area contributed by atoms with Crippen LogP contribution in [0.1, 0.15) is 24.3 Å². The average Bonchev–Trinajstić information content (AvgIpc) is 3.18. The number of aromatic nitrogens is 4. The lowest BCUT2D eigenvalue weighted by Crippen LogP contribution is -2.29. The van der Waals surface area contributed by atoms with Gasteiger partial charge in [0.25, 0.3) is 0 Å². The van der Waals surface area contributed by atoms with Crippen molar-refractivity contribution in [1.82, 2.24) is 25.1 Å². The number of likely N-dealkylation sites (tertiary alicyclic amines) is 1. The van der Waals surface area contributed by atoms with E-state index in [1.807, 2.05) is 6.07 Å². The first-order valence-corrected chi connectivity index (χ1v) is 9.67. The lowest BCUT2D eigenvalue weighted by Gasteiger charge is -2.29. The van der Waals surface area contributed by atoms with Crippen molar-refractivity contribution in [3.05, 3.63) is 47.4 Å². The van der Waals surface area contributed by atoms with Crippen molar-refractivity contribution in [2.75, 3.05) is 32.6 Å². The quantitative estimate of drug-likeness (QED) is 0.674. The number of nitrogens with one attached hydrogen (secondary N) is 2. The van der Waals surface area contributed by atoms with E-state index in [4.69, 9.17) is 16.3 Å². The second kappa shape index (κ2) is 8.16. The molecule has 3 heterocycles. The van der Waals surface area contributed by atoms with Gasteiger partial charge in [0.1, 0.15) is 16.7 Å². The fourth-order valence-corrected chi connectivity index (χ4v) is 3.66. The van der Waals surface area contributed by atoms with Gasteiger partial charge in [-0.15, -0.1) is 0 Å². The molecule has 0 radical (unpaired) electrons. The van der Waals surface area contributed by atoms with Gasteiger partial charge in [-0.2, -0.15) is 5.10 Å². The molecular weight excluding hydrogens is 376 g/mol. The molecule has 0 spiro atoms. The molecule has 0 atom stereocenters. The summed E-state index contributed by atoms with van der Waals surface area (Å²) in [6.07, 6.45) is 5.41. The SMILES string of the molecule is COc1cc(C2CCN(C)CC2)ccc1-c1cc(Nc2cnc(Cl)cn2)n[nH]1. The predicted molar refractivity (Wildman–Crippen MR) is 110 cm³/mol. The Balaban J connectivity index is 1.54. The molecule has 4 rings (SSSR count). The van der Waals surface area contributed by atoms with E-state index in [1.54, 1.807) is 13.3 Å². The van der Waals surface area contributed by atoms with Gasteiger partial charge < -0.3 is 15.0 Å². The third-order valence-corrected chi connectivity index (χ3v) is 5.36. The molecule has 0 saturated carbocycles. The van der Waals surface area contributed by atoms with Crippen molar-refractivity contribution in [2.45, 2.75) is 18.8 Å². The molecule has 1 aromatic carbocycles. The van der Waals surface area contributed by atoms with E-state index in [0.29, 0.717) is 22.7 Å². The molecule has 0 unspecified atom stereocenters. The van der Waals surface area contributed by atoms with Gasteiger partial charge in [-0.25, -0.2) is 9.97 Å². The Labute approximate surface area is 169 Å². The third-order valence-electron chi connectivity index (χ3n) is 5.16. The van der Waals surface area contributed by atoms with Gasteiger partial charge in [-0.1, -0.05) is 17.7 Å². The van der Waals surface area contributed by atoms with Crippen LogP contribution in [0, 0.1) is 0 Å². The maximum absolute atomic E-state index is 5.77. The molecule has 0 aliphatic carbocycles. The molecular formula is C20H23ClN6O. The van der Waals surface area contributed by atoms with E-state index < -0.39 is 0 Å². The minimum Gasteiger partial charge on any atom is -0.496 e. The smallest absolute Gasteiger partial charge is 0.153 e. The number of nitrogens with zero attached hydrogens (tertiary/aromatic N) is 4. The zero-order chi connectivity index (χ0) is 19.5. The Morgan fingerprint density at radius 1 is 1.14 bits per heavy atom. The lowest BCUT2D eigenvalue weighted by atomic mass is 9.88. The standard InChI is InChI=1S/C20H23ClN6O/c1-27-7-5-13(6-8-27)14-3-4-15(17(9-14)28-2)16-10-19(26-25-16)24-20-12-22-18(21)11-23-20/h3-4,9-13H,5-8H2,1-2H3,(H2,23,24,25,26). The van der Waals surface area contributed by atoms with Gasteiger partial charge in [-0.05, 0) is 56.6 Å². The van der Waals surface area contributed by atoms with E-state index in [0.717, 1.165) is 30.1 Å². The second-order valence-corrected chi connectivity index (χ2v) is 7.44. The van der Waals surface area contributed by atoms with Crippen molar-refractivity contribution in [2.24, 2.45) is 0 Å². The molecule has 28 heavy (non-hydrogen) atoms.